The molecule has 396 valence electrons. The smallest absolute Gasteiger partial charge is 0.320 e. The molecule has 0 radical (unpaired) electrons. The summed E-state index contributed by atoms with van der Waals surface area (Å²) in [5.41, 5.74) is 1.72. The van der Waals surface area contributed by atoms with E-state index in [0.29, 0.717) is 12.2 Å². The molecule has 2 N–H and O–H groups in total. The number of rotatable bonds is 20. The third-order valence-corrected chi connectivity index (χ3v) is 14.8. The lowest BCUT2D eigenvalue weighted by atomic mass is 9.57. The number of benzene rings is 6. The molecule has 0 bridgehead atoms. The molecular weight excluding hydrogens is 976 g/mol. The molecule has 6 aromatic carbocycles. The van der Waals surface area contributed by atoms with Crippen molar-refractivity contribution >= 4 is 29.0 Å². The first-order chi connectivity index (χ1) is 37.3. The maximum atomic E-state index is 18.9. The topological polar surface area (TPSA) is 155 Å². The van der Waals surface area contributed by atoms with Gasteiger partial charge in [-0.25, -0.2) is 4.39 Å². The predicted octanol–water partition coefficient (Wildman–Crippen LogP) is 10.6. The van der Waals surface area contributed by atoms with Gasteiger partial charge < -0.3 is 33.8 Å². The van der Waals surface area contributed by atoms with Crippen LogP contribution >= 0.6 is 0 Å². The molecule has 0 spiro atoms. The number of esters is 1. The van der Waals surface area contributed by atoms with Gasteiger partial charge >= 0.3 is 5.97 Å². The summed E-state index contributed by atoms with van der Waals surface area (Å²) >= 11 is 0. The molecular formula is C63H63FN4O9. The molecule has 7 aromatic rings. The van der Waals surface area contributed by atoms with Crippen molar-refractivity contribution in [2.75, 3.05) is 32.1 Å². The number of anilines is 1. The molecule has 0 aliphatic heterocycles. The second-order valence-electron chi connectivity index (χ2n) is 21.0. The summed E-state index contributed by atoms with van der Waals surface area (Å²) < 4.78 is 43.7. The fourth-order valence-electron chi connectivity index (χ4n) is 11.4. The maximum Gasteiger partial charge on any atom is 0.320 e. The number of Topliss-reactive ketones (excluding diaryl/α,β-unsaturated/α-hetero) is 2. The third-order valence-electron chi connectivity index (χ3n) is 14.8. The molecule has 13 nitrogen and oxygen atoms in total. The SMILES string of the molecule is CC(C)CN(CC(=O)OCc1ccccc1)Cc1c(F)c2c(c(OCc3ccccc3)c1N(Cc1ccccc1)Cc1ccccc1)C(O)=C1C(=O)[C@]3(O)C(=O)c4c(OCc5ccccc5)noc4[C@@H](N(C)C)[C@@H]3C[C@@H]1C2. The Kier molecular flexibility index (Phi) is 15.5. The number of carbonyl (C=O) groups excluding carboxylic acids is 3. The Hall–Kier alpha value is -7.91. The van der Waals surface area contributed by atoms with E-state index in [4.69, 9.17) is 18.7 Å². The monoisotopic (exact) mass is 1040 g/mol. The van der Waals surface area contributed by atoms with Crippen LogP contribution in [0.1, 0.15) is 86.9 Å². The summed E-state index contributed by atoms with van der Waals surface area (Å²) in [6.07, 6.45) is -0.120. The molecule has 77 heavy (non-hydrogen) atoms. The lowest BCUT2D eigenvalue weighted by Gasteiger charge is -2.49. The standard InChI is InChI=1S/C63H63FN4O9/c1-40(2)32-67(36-50(69)74-37-43-24-14-7-15-25-43)35-48-54(64)47-30-46-31-49-56(66(3)4)59-53(62(65-77-59)76-39-45-28-18-9-19-29-45)61(72)63(49,73)60(71)51(46)57(70)52(47)58(75-38-44-26-16-8-17-27-44)55(48)68(33-41-20-10-5-11-21-41)34-42-22-12-6-13-23-42/h5-29,40,46,49,56,70,73H,30-39H2,1-4H3/t46-,49-,56-,63-/m0/s1. The van der Waals surface area contributed by atoms with Crippen LogP contribution in [-0.4, -0.2) is 75.5 Å². The largest absolute Gasteiger partial charge is 0.507 e. The van der Waals surface area contributed by atoms with Crippen LogP contribution in [0.4, 0.5) is 10.1 Å². The summed E-state index contributed by atoms with van der Waals surface area (Å²) in [6, 6.07) is 46.8. The van der Waals surface area contributed by atoms with Crippen molar-refractivity contribution in [1.29, 1.82) is 0 Å². The predicted molar refractivity (Wildman–Crippen MR) is 289 cm³/mol. The molecule has 1 saturated carbocycles. The molecule has 10 rings (SSSR count). The van der Waals surface area contributed by atoms with E-state index in [1.54, 1.807) is 19.0 Å². The van der Waals surface area contributed by atoms with Crippen LogP contribution in [0.25, 0.3) is 5.76 Å². The van der Waals surface area contributed by atoms with Crippen LogP contribution in [0.3, 0.4) is 0 Å². The number of aliphatic hydroxyl groups is 2. The fraction of sp³-hybridized carbons (Fsp3) is 0.302. The van der Waals surface area contributed by atoms with Crippen molar-refractivity contribution in [3.05, 3.63) is 219 Å². The number of nitrogens with zero attached hydrogens (tertiary/aromatic N) is 4. The molecule has 1 heterocycles. The van der Waals surface area contributed by atoms with Crippen LogP contribution in [0.2, 0.25) is 0 Å². The van der Waals surface area contributed by atoms with E-state index < -0.39 is 52.6 Å². The molecule has 0 amide bonds. The first-order valence-electron chi connectivity index (χ1n) is 26.2. The van der Waals surface area contributed by atoms with E-state index in [2.05, 4.69) is 5.16 Å². The Morgan fingerprint density at radius 3 is 1.78 bits per heavy atom. The number of carbonyl (C=O) groups is 3. The van der Waals surface area contributed by atoms with Gasteiger partial charge in [-0.1, -0.05) is 166 Å². The Labute approximate surface area is 448 Å². The van der Waals surface area contributed by atoms with E-state index >= 15 is 14.0 Å². The molecule has 1 aromatic heterocycles. The van der Waals surface area contributed by atoms with E-state index in [1.807, 2.05) is 175 Å². The van der Waals surface area contributed by atoms with Gasteiger partial charge in [0.05, 0.1) is 23.8 Å². The van der Waals surface area contributed by atoms with E-state index in [1.165, 1.54) is 0 Å². The van der Waals surface area contributed by atoms with Gasteiger partial charge in [-0.2, -0.15) is 0 Å². The van der Waals surface area contributed by atoms with E-state index in [9.17, 15) is 15.0 Å². The average molecular weight is 1040 g/mol. The zero-order chi connectivity index (χ0) is 53.8. The number of halogens is 1. The minimum absolute atomic E-state index is 0.0194. The minimum atomic E-state index is -2.71. The molecule has 1 fully saturated rings. The van der Waals surface area contributed by atoms with Crippen LogP contribution in [0.5, 0.6) is 11.6 Å². The lowest BCUT2D eigenvalue weighted by Crippen LogP contribution is -2.63. The fourth-order valence-corrected chi connectivity index (χ4v) is 11.4. The maximum absolute atomic E-state index is 18.9. The molecule has 0 saturated heterocycles. The first kappa shape index (κ1) is 52.5. The Morgan fingerprint density at radius 1 is 0.727 bits per heavy atom. The number of hydrogen-bond acceptors (Lipinski definition) is 13. The van der Waals surface area contributed by atoms with E-state index in [-0.39, 0.29) is 110 Å². The third kappa shape index (κ3) is 10.8. The Morgan fingerprint density at radius 2 is 1.25 bits per heavy atom. The summed E-state index contributed by atoms with van der Waals surface area (Å²) in [5.74, 6) is -5.52. The van der Waals surface area contributed by atoms with Gasteiger partial charge in [-0.15, -0.1) is 0 Å². The number of fused-ring (bicyclic) bond motifs is 4. The number of ether oxygens (including phenoxy) is 3. The first-order valence-corrected chi connectivity index (χ1v) is 26.2. The van der Waals surface area contributed by atoms with Gasteiger partial charge in [-0.05, 0) is 71.7 Å². The van der Waals surface area contributed by atoms with Gasteiger partial charge in [0.1, 0.15) is 37.0 Å². The highest BCUT2D eigenvalue weighted by Gasteiger charge is 2.65. The van der Waals surface area contributed by atoms with Crippen molar-refractivity contribution < 1.29 is 47.7 Å². The summed E-state index contributed by atoms with van der Waals surface area (Å²) in [5, 5.41) is 30.3. The van der Waals surface area contributed by atoms with E-state index in [0.717, 1.165) is 27.8 Å². The van der Waals surface area contributed by atoms with Crippen LogP contribution in [0.15, 0.2) is 162 Å². The van der Waals surface area contributed by atoms with Crippen molar-refractivity contribution in [2.24, 2.45) is 17.8 Å². The van der Waals surface area contributed by atoms with Gasteiger partial charge in [0.2, 0.25) is 11.6 Å². The Balaban J connectivity index is 1.15. The highest BCUT2D eigenvalue weighted by molar-refractivity contribution is 6.26. The van der Waals surface area contributed by atoms with Crippen LogP contribution < -0.4 is 14.4 Å². The zero-order valence-corrected chi connectivity index (χ0v) is 43.7. The lowest BCUT2D eigenvalue weighted by molar-refractivity contribution is -0.146. The molecule has 14 heteroatoms. The van der Waals surface area contributed by atoms with Crippen molar-refractivity contribution in [3.8, 4) is 11.6 Å². The number of hydrogen-bond donors (Lipinski definition) is 2. The average Bonchev–Trinajstić information content (AvgIpc) is 4.06. The number of aromatic nitrogens is 1. The zero-order valence-electron chi connectivity index (χ0n) is 43.7. The number of ketones is 2. The quantitative estimate of drug-likeness (QED) is 0.0550. The van der Waals surface area contributed by atoms with Crippen LogP contribution in [-0.2, 0) is 60.2 Å². The second kappa shape index (κ2) is 22.7. The molecule has 4 atom stereocenters. The van der Waals surface area contributed by atoms with Crippen molar-refractivity contribution in [2.45, 2.75) is 77.8 Å². The second-order valence-corrected chi connectivity index (χ2v) is 21.0. The highest BCUT2D eigenvalue weighted by atomic mass is 19.1. The van der Waals surface area contributed by atoms with Crippen molar-refractivity contribution in [1.82, 2.24) is 15.0 Å². The van der Waals surface area contributed by atoms with Crippen molar-refractivity contribution in [3.63, 3.8) is 0 Å². The van der Waals surface area contributed by atoms with Crippen LogP contribution in [0, 0.1) is 23.6 Å². The molecule has 3 aliphatic rings. The summed E-state index contributed by atoms with van der Waals surface area (Å²) in [7, 11) is 3.50. The van der Waals surface area contributed by atoms with Gasteiger partial charge in [0.25, 0.3) is 5.88 Å². The highest BCUT2D eigenvalue weighted by Crippen LogP contribution is 2.57. The van der Waals surface area contributed by atoms with Gasteiger partial charge in [-0.3, -0.25) is 24.2 Å². The molecule has 0 unspecified atom stereocenters. The summed E-state index contributed by atoms with van der Waals surface area (Å²) in [4.78, 5) is 50.1. The number of aliphatic hydroxyl groups excluding tert-OH is 1. The Bertz CT molecular complexity index is 3220. The van der Waals surface area contributed by atoms with Gasteiger partial charge in [0.15, 0.2) is 17.1 Å². The normalized spacial score (nSPS) is 18.7. The van der Waals surface area contributed by atoms with Gasteiger partial charge in [0, 0.05) is 48.8 Å². The minimum Gasteiger partial charge on any atom is -0.507 e. The summed E-state index contributed by atoms with van der Waals surface area (Å²) in [6.45, 7) is 4.80. The molecule has 3 aliphatic carbocycles.